The van der Waals surface area contributed by atoms with Crippen molar-refractivity contribution >= 4 is 28.2 Å². The Morgan fingerprint density at radius 3 is 2.66 bits per heavy atom. The third kappa shape index (κ3) is 3.43. The maximum atomic E-state index is 12.4. The van der Waals surface area contributed by atoms with Gasteiger partial charge in [0.15, 0.2) is 0 Å². The molecule has 0 saturated carbocycles. The van der Waals surface area contributed by atoms with Gasteiger partial charge in [-0.15, -0.1) is 0 Å². The first-order valence-electron chi connectivity index (χ1n) is 11.0. The van der Waals surface area contributed by atoms with E-state index < -0.39 is 0 Å². The lowest BCUT2D eigenvalue weighted by atomic mass is 9.93. The number of aromatic nitrogens is 4. The fourth-order valence-corrected chi connectivity index (χ4v) is 4.45. The highest BCUT2D eigenvalue weighted by Crippen LogP contribution is 2.41. The smallest absolute Gasteiger partial charge is 0.226 e. The average Bonchev–Trinajstić information content (AvgIpc) is 3.26. The van der Waals surface area contributed by atoms with Crippen LogP contribution in [0.2, 0.25) is 0 Å². The van der Waals surface area contributed by atoms with Crippen LogP contribution in [-0.4, -0.2) is 31.5 Å². The zero-order valence-corrected chi connectivity index (χ0v) is 19.1. The van der Waals surface area contributed by atoms with Crippen LogP contribution in [0, 0.1) is 0 Å². The predicted octanol–water partition coefficient (Wildman–Crippen LogP) is 4.91. The predicted molar refractivity (Wildman–Crippen MR) is 129 cm³/mol. The Balaban J connectivity index is 1.74. The summed E-state index contributed by atoms with van der Waals surface area (Å²) >= 11 is 0. The van der Waals surface area contributed by atoms with Crippen molar-refractivity contribution in [2.45, 2.75) is 39.2 Å². The first kappa shape index (κ1) is 20.3. The van der Waals surface area contributed by atoms with Crippen LogP contribution < -0.4 is 10.6 Å². The molecular weight excluding hydrogens is 400 g/mol. The van der Waals surface area contributed by atoms with Crippen molar-refractivity contribution in [3.05, 3.63) is 48.3 Å². The molecule has 1 aliphatic rings. The second-order valence-electron chi connectivity index (χ2n) is 9.05. The molecule has 4 aromatic rings. The summed E-state index contributed by atoms with van der Waals surface area (Å²) in [4.78, 5) is 12.4. The lowest BCUT2D eigenvalue weighted by Gasteiger charge is -2.20. The van der Waals surface area contributed by atoms with E-state index in [1.54, 1.807) is 4.68 Å². The molecule has 3 heterocycles. The summed E-state index contributed by atoms with van der Waals surface area (Å²) in [7, 11) is 3.87. The van der Waals surface area contributed by atoms with Crippen LogP contribution in [0.5, 0.6) is 0 Å². The van der Waals surface area contributed by atoms with Gasteiger partial charge in [0.2, 0.25) is 5.91 Å². The first-order chi connectivity index (χ1) is 15.3. The molecule has 5 rings (SSSR count). The lowest BCUT2D eigenvalue weighted by molar-refractivity contribution is -0.116. The lowest BCUT2D eigenvalue weighted by Crippen LogP contribution is -2.19. The average molecular weight is 429 g/mol. The molecule has 0 radical (unpaired) electrons. The molecule has 164 valence electrons. The molecule has 0 saturated heterocycles. The van der Waals surface area contributed by atoms with Crippen molar-refractivity contribution < 1.29 is 4.79 Å². The van der Waals surface area contributed by atoms with Crippen LogP contribution in [0.4, 0.5) is 11.4 Å². The molecule has 0 aliphatic carbocycles. The summed E-state index contributed by atoms with van der Waals surface area (Å²) in [5.74, 6) is 0.377. The van der Waals surface area contributed by atoms with Crippen molar-refractivity contribution in [3.8, 4) is 22.4 Å². The van der Waals surface area contributed by atoms with Gasteiger partial charge < -0.3 is 10.6 Å². The standard InChI is InChI=1S/C25H28N6O/c1-14(2)17-10-19(25-21(11-17)28-23(32)8-15(3)27-25)16-6-7-22-20(9-16)24(29-31(22)5)18-12-26-30(4)13-18/h6-7,9-15,27H,8H2,1-5H3,(H,28,32)/t15-/m1/s1. The zero-order valence-electron chi connectivity index (χ0n) is 19.1. The Hall–Kier alpha value is -3.61. The highest BCUT2D eigenvalue weighted by atomic mass is 16.1. The van der Waals surface area contributed by atoms with Gasteiger partial charge in [-0.3, -0.25) is 14.2 Å². The number of rotatable bonds is 3. The normalized spacial score (nSPS) is 16.1. The molecule has 0 unspecified atom stereocenters. The minimum Gasteiger partial charge on any atom is -0.380 e. The van der Waals surface area contributed by atoms with E-state index in [1.165, 1.54) is 5.56 Å². The van der Waals surface area contributed by atoms with E-state index in [0.717, 1.165) is 44.7 Å². The number of nitrogens with zero attached hydrogens (tertiary/aromatic N) is 4. The molecule has 7 heteroatoms. The second kappa shape index (κ2) is 7.51. The van der Waals surface area contributed by atoms with Gasteiger partial charge in [0.25, 0.3) is 0 Å². The molecule has 1 aliphatic heterocycles. The molecule has 2 aromatic carbocycles. The summed E-state index contributed by atoms with van der Waals surface area (Å²) < 4.78 is 3.70. The van der Waals surface area contributed by atoms with E-state index in [9.17, 15) is 4.79 Å². The molecule has 7 nitrogen and oxygen atoms in total. The van der Waals surface area contributed by atoms with Gasteiger partial charge in [-0.25, -0.2) is 0 Å². The first-order valence-corrected chi connectivity index (χ1v) is 11.0. The number of amides is 1. The molecule has 2 aromatic heterocycles. The minimum absolute atomic E-state index is 0.0391. The van der Waals surface area contributed by atoms with Crippen molar-refractivity contribution in [1.82, 2.24) is 19.6 Å². The van der Waals surface area contributed by atoms with E-state index in [-0.39, 0.29) is 11.9 Å². The molecule has 0 fully saturated rings. The molecule has 1 amide bonds. The van der Waals surface area contributed by atoms with Crippen molar-refractivity contribution in [2.24, 2.45) is 14.1 Å². The largest absolute Gasteiger partial charge is 0.380 e. The monoisotopic (exact) mass is 428 g/mol. The number of benzene rings is 2. The Morgan fingerprint density at radius 1 is 1.12 bits per heavy atom. The van der Waals surface area contributed by atoms with Crippen LogP contribution in [0.3, 0.4) is 0 Å². The zero-order chi connectivity index (χ0) is 22.6. The molecule has 0 bridgehead atoms. The number of carbonyl (C=O) groups excluding carboxylic acids is 1. The van der Waals surface area contributed by atoms with Gasteiger partial charge in [0.05, 0.1) is 23.1 Å². The van der Waals surface area contributed by atoms with Gasteiger partial charge in [-0.1, -0.05) is 19.9 Å². The van der Waals surface area contributed by atoms with Crippen molar-refractivity contribution in [2.75, 3.05) is 10.6 Å². The molecule has 2 N–H and O–H groups in total. The summed E-state index contributed by atoms with van der Waals surface area (Å²) in [6.07, 6.45) is 4.27. The van der Waals surface area contributed by atoms with Gasteiger partial charge in [-0.2, -0.15) is 10.2 Å². The van der Waals surface area contributed by atoms with E-state index in [1.807, 2.05) is 38.1 Å². The fourth-order valence-electron chi connectivity index (χ4n) is 4.45. The van der Waals surface area contributed by atoms with E-state index in [0.29, 0.717) is 12.3 Å². The number of hydrogen-bond acceptors (Lipinski definition) is 4. The minimum atomic E-state index is 0.0391. The van der Waals surface area contributed by atoms with Gasteiger partial charge in [-0.05, 0) is 48.2 Å². The fraction of sp³-hybridized carbons (Fsp3) is 0.320. The third-order valence-corrected chi connectivity index (χ3v) is 6.12. The molecular formula is C25H28N6O. The molecule has 32 heavy (non-hydrogen) atoms. The number of carbonyl (C=O) groups is 1. The maximum Gasteiger partial charge on any atom is 0.226 e. The van der Waals surface area contributed by atoms with Crippen LogP contribution in [0.1, 0.15) is 38.7 Å². The topological polar surface area (TPSA) is 76.8 Å². The van der Waals surface area contributed by atoms with Gasteiger partial charge in [0.1, 0.15) is 5.69 Å². The number of nitrogens with one attached hydrogen (secondary N) is 2. The Kier molecular flexibility index (Phi) is 4.77. The quantitative estimate of drug-likeness (QED) is 0.486. The Bertz CT molecular complexity index is 1350. The highest BCUT2D eigenvalue weighted by Gasteiger charge is 2.23. The summed E-state index contributed by atoms with van der Waals surface area (Å²) in [5.41, 5.74) is 8.15. The highest BCUT2D eigenvalue weighted by molar-refractivity contribution is 6.02. The summed E-state index contributed by atoms with van der Waals surface area (Å²) in [6, 6.07) is 10.8. The van der Waals surface area contributed by atoms with Crippen LogP contribution in [0.25, 0.3) is 33.3 Å². The summed E-state index contributed by atoms with van der Waals surface area (Å²) in [6.45, 7) is 6.38. The third-order valence-electron chi connectivity index (χ3n) is 6.12. The van der Waals surface area contributed by atoms with E-state index in [4.69, 9.17) is 5.10 Å². The number of anilines is 2. The van der Waals surface area contributed by atoms with Gasteiger partial charge in [0, 0.05) is 49.3 Å². The van der Waals surface area contributed by atoms with E-state index in [2.05, 4.69) is 59.9 Å². The number of fused-ring (bicyclic) bond motifs is 2. The Morgan fingerprint density at radius 2 is 1.94 bits per heavy atom. The Labute approximate surface area is 187 Å². The number of aryl methyl sites for hydroxylation is 2. The van der Waals surface area contributed by atoms with Crippen LogP contribution in [0.15, 0.2) is 42.7 Å². The van der Waals surface area contributed by atoms with E-state index >= 15 is 0 Å². The van der Waals surface area contributed by atoms with Crippen molar-refractivity contribution in [1.29, 1.82) is 0 Å². The van der Waals surface area contributed by atoms with Gasteiger partial charge >= 0.3 is 0 Å². The molecule has 1 atom stereocenters. The van der Waals surface area contributed by atoms with Crippen LogP contribution in [-0.2, 0) is 18.9 Å². The van der Waals surface area contributed by atoms with Crippen molar-refractivity contribution in [3.63, 3.8) is 0 Å². The summed E-state index contributed by atoms with van der Waals surface area (Å²) in [5, 5.41) is 16.8. The molecule has 0 spiro atoms. The maximum absolute atomic E-state index is 12.4. The second-order valence-corrected chi connectivity index (χ2v) is 9.05. The van der Waals surface area contributed by atoms with Crippen LogP contribution >= 0.6 is 0 Å². The number of hydrogen-bond donors (Lipinski definition) is 2. The SMILES string of the molecule is CC(C)c1cc2c(c(-c3ccc4c(c3)c(-c3cnn(C)c3)nn4C)c1)N[C@H](C)CC(=O)N2.